The summed E-state index contributed by atoms with van der Waals surface area (Å²) in [5, 5.41) is 5.54. The molecule has 1 saturated heterocycles. The van der Waals surface area contributed by atoms with Gasteiger partial charge in [-0.1, -0.05) is 17.7 Å². The molecule has 2 N–H and O–H groups in total. The molecule has 1 aliphatic rings. The van der Waals surface area contributed by atoms with Crippen molar-refractivity contribution in [3.05, 3.63) is 35.4 Å². The average Bonchev–Trinajstić information content (AvgIpc) is 2.97. The topological polar surface area (TPSA) is 67.4 Å². The summed E-state index contributed by atoms with van der Waals surface area (Å²) in [5.74, 6) is -0.215. The predicted molar refractivity (Wildman–Crippen MR) is 75.5 cm³/mol. The van der Waals surface area contributed by atoms with Crippen LogP contribution in [0.15, 0.2) is 24.3 Å². The third kappa shape index (κ3) is 4.06. The number of hydrogen-bond acceptors (Lipinski definition) is 3. The first-order chi connectivity index (χ1) is 9.66. The number of hydrogen-bond donors (Lipinski definition) is 2. The molecule has 0 aromatic heterocycles. The Hall–Kier alpha value is -1.88. The SMILES string of the molecule is Cc1cccc(C(=O)NCCNC(=O)C2CCCO2)c1. The second kappa shape index (κ2) is 7.05. The van der Waals surface area contributed by atoms with Gasteiger partial charge >= 0.3 is 0 Å². The molecule has 0 spiro atoms. The summed E-state index contributed by atoms with van der Waals surface area (Å²) in [6.45, 7) is 3.42. The lowest BCUT2D eigenvalue weighted by atomic mass is 10.1. The lowest BCUT2D eigenvalue weighted by molar-refractivity contribution is -0.129. The summed E-state index contributed by atoms with van der Waals surface area (Å²) in [6.07, 6.45) is 1.39. The number of nitrogens with one attached hydrogen (secondary N) is 2. The van der Waals surface area contributed by atoms with Crippen molar-refractivity contribution in [1.29, 1.82) is 0 Å². The first-order valence-electron chi connectivity index (χ1n) is 6.91. The molecule has 1 aromatic rings. The third-order valence-electron chi connectivity index (χ3n) is 3.21. The normalized spacial score (nSPS) is 17.8. The minimum absolute atomic E-state index is 0.0905. The van der Waals surface area contributed by atoms with E-state index in [-0.39, 0.29) is 17.9 Å². The van der Waals surface area contributed by atoms with E-state index >= 15 is 0 Å². The summed E-state index contributed by atoms with van der Waals surface area (Å²) in [5.41, 5.74) is 1.68. The van der Waals surface area contributed by atoms with Crippen molar-refractivity contribution in [1.82, 2.24) is 10.6 Å². The van der Waals surface area contributed by atoms with Gasteiger partial charge in [0.1, 0.15) is 6.10 Å². The van der Waals surface area contributed by atoms with Gasteiger partial charge in [0.15, 0.2) is 0 Å². The number of ether oxygens (including phenoxy) is 1. The van der Waals surface area contributed by atoms with Crippen LogP contribution in [0.3, 0.4) is 0 Å². The van der Waals surface area contributed by atoms with Crippen LogP contribution in [0, 0.1) is 6.92 Å². The van der Waals surface area contributed by atoms with E-state index in [0.717, 1.165) is 18.4 Å². The quantitative estimate of drug-likeness (QED) is 0.789. The van der Waals surface area contributed by atoms with Crippen molar-refractivity contribution in [3.8, 4) is 0 Å². The molecule has 2 rings (SSSR count). The van der Waals surface area contributed by atoms with Crippen LogP contribution in [0.2, 0.25) is 0 Å². The minimum atomic E-state index is -0.317. The molecule has 1 heterocycles. The Kier molecular flexibility index (Phi) is 5.12. The molecule has 0 bridgehead atoms. The fraction of sp³-hybridized carbons (Fsp3) is 0.467. The maximum absolute atomic E-state index is 11.8. The summed E-state index contributed by atoms with van der Waals surface area (Å²) < 4.78 is 5.28. The molecule has 1 aromatic carbocycles. The van der Waals surface area contributed by atoms with Crippen molar-refractivity contribution in [2.24, 2.45) is 0 Å². The van der Waals surface area contributed by atoms with Gasteiger partial charge in [-0.25, -0.2) is 0 Å². The van der Waals surface area contributed by atoms with Gasteiger partial charge in [0.25, 0.3) is 5.91 Å². The van der Waals surface area contributed by atoms with E-state index in [1.165, 1.54) is 0 Å². The van der Waals surface area contributed by atoms with Gasteiger partial charge in [0, 0.05) is 25.3 Å². The van der Waals surface area contributed by atoms with Gasteiger partial charge in [-0.15, -0.1) is 0 Å². The highest BCUT2D eigenvalue weighted by Gasteiger charge is 2.22. The Morgan fingerprint density at radius 2 is 2.10 bits per heavy atom. The third-order valence-corrected chi connectivity index (χ3v) is 3.21. The smallest absolute Gasteiger partial charge is 0.251 e. The summed E-state index contributed by atoms with van der Waals surface area (Å²) in [7, 11) is 0. The maximum Gasteiger partial charge on any atom is 0.251 e. The monoisotopic (exact) mass is 276 g/mol. The molecule has 20 heavy (non-hydrogen) atoms. The maximum atomic E-state index is 11.8. The van der Waals surface area contributed by atoms with Crippen LogP contribution in [-0.2, 0) is 9.53 Å². The van der Waals surface area contributed by atoms with E-state index in [0.29, 0.717) is 25.3 Å². The number of aryl methyl sites for hydroxylation is 1. The molecule has 0 saturated carbocycles. The van der Waals surface area contributed by atoms with E-state index in [1.807, 2.05) is 25.1 Å². The average molecular weight is 276 g/mol. The number of rotatable bonds is 5. The molecular formula is C15H20N2O3. The van der Waals surface area contributed by atoms with Crippen molar-refractivity contribution < 1.29 is 14.3 Å². The van der Waals surface area contributed by atoms with E-state index in [9.17, 15) is 9.59 Å². The van der Waals surface area contributed by atoms with Crippen LogP contribution in [0.4, 0.5) is 0 Å². The molecule has 1 atom stereocenters. The van der Waals surface area contributed by atoms with E-state index in [4.69, 9.17) is 4.74 Å². The van der Waals surface area contributed by atoms with Crippen molar-refractivity contribution in [2.75, 3.05) is 19.7 Å². The summed E-state index contributed by atoms with van der Waals surface area (Å²) in [6, 6.07) is 7.40. The Bertz CT molecular complexity index is 482. The van der Waals surface area contributed by atoms with Gasteiger partial charge in [0.05, 0.1) is 0 Å². The van der Waals surface area contributed by atoms with E-state index in [1.54, 1.807) is 6.07 Å². The Labute approximate surface area is 118 Å². The van der Waals surface area contributed by atoms with Crippen LogP contribution >= 0.6 is 0 Å². The van der Waals surface area contributed by atoms with Gasteiger partial charge in [0.2, 0.25) is 5.91 Å². The van der Waals surface area contributed by atoms with E-state index < -0.39 is 0 Å². The number of carbonyl (C=O) groups excluding carboxylic acids is 2. The molecule has 1 unspecified atom stereocenters. The molecule has 108 valence electrons. The second-order valence-electron chi connectivity index (χ2n) is 4.92. The highest BCUT2D eigenvalue weighted by molar-refractivity contribution is 5.94. The van der Waals surface area contributed by atoms with Crippen LogP contribution in [0.25, 0.3) is 0 Å². The van der Waals surface area contributed by atoms with Crippen LogP contribution in [-0.4, -0.2) is 37.6 Å². The lowest BCUT2D eigenvalue weighted by Gasteiger charge is -2.11. The van der Waals surface area contributed by atoms with Crippen LogP contribution in [0.5, 0.6) is 0 Å². The largest absolute Gasteiger partial charge is 0.368 e. The van der Waals surface area contributed by atoms with E-state index in [2.05, 4.69) is 10.6 Å². The second-order valence-corrected chi connectivity index (χ2v) is 4.92. The summed E-state index contributed by atoms with van der Waals surface area (Å²) >= 11 is 0. The Balaban J connectivity index is 1.68. The highest BCUT2D eigenvalue weighted by Crippen LogP contribution is 2.11. The zero-order valence-electron chi connectivity index (χ0n) is 11.6. The van der Waals surface area contributed by atoms with Crippen molar-refractivity contribution >= 4 is 11.8 Å². The molecule has 0 aliphatic carbocycles. The minimum Gasteiger partial charge on any atom is -0.368 e. The Morgan fingerprint density at radius 3 is 2.80 bits per heavy atom. The van der Waals surface area contributed by atoms with Crippen molar-refractivity contribution in [3.63, 3.8) is 0 Å². The standard InChI is InChI=1S/C15H20N2O3/c1-11-4-2-5-12(10-11)14(18)16-7-8-17-15(19)13-6-3-9-20-13/h2,4-5,10,13H,3,6-9H2,1H3,(H,16,18)(H,17,19). The zero-order chi connectivity index (χ0) is 14.4. The number of amides is 2. The molecule has 1 fully saturated rings. The highest BCUT2D eigenvalue weighted by atomic mass is 16.5. The fourth-order valence-corrected chi connectivity index (χ4v) is 2.15. The number of carbonyl (C=O) groups is 2. The molecule has 5 heteroatoms. The first kappa shape index (κ1) is 14.5. The first-order valence-corrected chi connectivity index (χ1v) is 6.91. The molecule has 1 aliphatic heterocycles. The van der Waals surface area contributed by atoms with Gasteiger partial charge in [-0.3, -0.25) is 9.59 Å². The van der Waals surface area contributed by atoms with Gasteiger partial charge in [-0.05, 0) is 31.9 Å². The molecular weight excluding hydrogens is 256 g/mol. The summed E-state index contributed by atoms with van der Waals surface area (Å²) in [4.78, 5) is 23.5. The lowest BCUT2D eigenvalue weighted by Crippen LogP contribution is -2.39. The molecule has 5 nitrogen and oxygen atoms in total. The zero-order valence-corrected chi connectivity index (χ0v) is 11.6. The molecule has 0 radical (unpaired) electrons. The van der Waals surface area contributed by atoms with Crippen LogP contribution < -0.4 is 10.6 Å². The van der Waals surface area contributed by atoms with Gasteiger partial charge < -0.3 is 15.4 Å². The Morgan fingerprint density at radius 1 is 1.30 bits per heavy atom. The number of benzene rings is 1. The predicted octanol–water partition coefficient (Wildman–Crippen LogP) is 1.02. The van der Waals surface area contributed by atoms with Gasteiger partial charge in [-0.2, -0.15) is 0 Å². The fourth-order valence-electron chi connectivity index (χ4n) is 2.15. The van der Waals surface area contributed by atoms with Crippen LogP contribution in [0.1, 0.15) is 28.8 Å². The molecule has 2 amide bonds. The van der Waals surface area contributed by atoms with Crippen molar-refractivity contribution in [2.45, 2.75) is 25.9 Å².